The van der Waals surface area contributed by atoms with Crippen molar-refractivity contribution in [3.63, 3.8) is 0 Å². The van der Waals surface area contributed by atoms with Crippen LogP contribution in [0.15, 0.2) is 52.8 Å². The standard InChI is InChI=1S/C21H26N2O2/c1-14-5-7-15(8-6-14)18-13-19(21(2,3)4)22-23(18)17-11-9-16(10-12-17)20(24)25/h5-9,11,18H,10,12-13H2,1-4H3,(H,24,25). The Hall–Kier alpha value is -2.36. The highest BCUT2D eigenvalue weighted by Gasteiger charge is 2.35. The smallest absolute Gasteiger partial charge is 0.331 e. The molecule has 1 aliphatic carbocycles. The summed E-state index contributed by atoms with van der Waals surface area (Å²) in [6, 6.07) is 8.81. The third-order valence-corrected chi connectivity index (χ3v) is 4.93. The zero-order valence-electron chi connectivity index (χ0n) is 15.4. The van der Waals surface area contributed by atoms with E-state index in [1.165, 1.54) is 16.8 Å². The first kappa shape index (κ1) is 17.5. The van der Waals surface area contributed by atoms with Crippen LogP contribution >= 0.6 is 0 Å². The second-order valence-corrected chi connectivity index (χ2v) is 7.93. The summed E-state index contributed by atoms with van der Waals surface area (Å²) < 4.78 is 0. The number of hydrogen-bond donors (Lipinski definition) is 1. The second-order valence-electron chi connectivity index (χ2n) is 7.93. The Labute approximate surface area is 149 Å². The monoisotopic (exact) mass is 338 g/mol. The van der Waals surface area contributed by atoms with Gasteiger partial charge in [-0.25, -0.2) is 4.79 Å². The van der Waals surface area contributed by atoms with E-state index >= 15 is 0 Å². The molecule has 0 amide bonds. The summed E-state index contributed by atoms with van der Waals surface area (Å²) in [5, 5.41) is 16.2. The molecule has 2 aliphatic rings. The summed E-state index contributed by atoms with van der Waals surface area (Å²) >= 11 is 0. The molecule has 0 aromatic heterocycles. The third-order valence-electron chi connectivity index (χ3n) is 4.93. The van der Waals surface area contributed by atoms with Gasteiger partial charge in [0.1, 0.15) is 0 Å². The van der Waals surface area contributed by atoms with E-state index < -0.39 is 5.97 Å². The van der Waals surface area contributed by atoms with Gasteiger partial charge >= 0.3 is 5.97 Å². The minimum Gasteiger partial charge on any atom is -0.478 e. The van der Waals surface area contributed by atoms with Crippen molar-refractivity contribution in [2.75, 3.05) is 0 Å². The number of hydrazone groups is 1. The molecule has 1 heterocycles. The molecule has 0 radical (unpaired) electrons. The lowest BCUT2D eigenvalue weighted by Gasteiger charge is -2.28. The van der Waals surface area contributed by atoms with Gasteiger partial charge in [0.2, 0.25) is 0 Å². The van der Waals surface area contributed by atoms with Gasteiger partial charge < -0.3 is 5.11 Å². The molecule has 3 rings (SSSR count). The average Bonchev–Trinajstić information content (AvgIpc) is 3.01. The maximum Gasteiger partial charge on any atom is 0.331 e. The first-order valence-corrected chi connectivity index (χ1v) is 8.82. The number of aryl methyl sites for hydroxylation is 1. The molecule has 1 N–H and O–H groups in total. The second kappa shape index (κ2) is 6.51. The van der Waals surface area contributed by atoms with Gasteiger partial charge in [0.05, 0.1) is 6.04 Å². The summed E-state index contributed by atoms with van der Waals surface area (Å²) in [4.78, 5) is 11.1. The topological polar surface area (TPSA) is 52.9 Å². The molecular formula is C21H26N2O2. The van der Waals surface area contributed by atoms with Crippen LogP contribution in [0.1, 0.15) is 57.2 Å². The minimum absolute atomic E-state index is 0.0228. The van der Waals surface area contributed by atoms with Gasteiger partial charge in [0, 0.05) is 28.8 Å². The van der Waals surface area contributed by atoms with E-state index in [0.29, 0.717) is 18.4 Å². The molecule has 132 valence electrons. The van der Waals surface area contributed by atoms with Crippen LogP contribution in [0.25, 0.3) is 0 Å². The molecule has 1 aromatic carbocycles. The maximum absolute atomic E-state index is 11.1. The van der Waals surface area contributed by atoms with E-state index in [2.05, 4.69) is 57.0 Å². The van der Waals surface area contributed by atoms with Crippen LogP contribution in [0.2, 0.25) is 0 Å². The number of rotatable bonds is 3. The fraction of sp³-hybridized carbons (Fsp3) is 0.429. The van der Waals surface area contributed by atoms with Crippen molar-refractivity contribution in [3.8, 4) is 0 Å². The van der Waals surface area contributed by atoms with Crippen molar-refractivity contribution in [1.29, 1.82) is 0 Å². The summed E-state index contributed by atoms with van der Waals surface area (Å²) in [7, 11) is 0. The largest absolute Gasteiger partial charge is 0.478 e. The minimum atomic E-state index is -0.828. The lowest BCUT2D eigenvalue weighted by Crippen LogP contribution is -2.21. The Morgan fingerprint density at radius 2 is 1.84 bits per heavy atom. The van der Waals surface area contributed by atoms with E-state index in [-0.39, 0.29) is 11.5 Å². The Balaban J connectivity index is 1.95. The van der Waals surface area contributed by atoms with E-state index in [4.69, 9.17) is 10.2 Å². The number of aliphatic carboxylic acids is 1. The van der Waals surface area contributed by atoms with Crippen molar-refractivity contribution < 1.29 is 9.90 Å². The normalized spacial score (nSPS) is 20.9. The molecule has 1 atom stereocenters. The molecule has 0 saturated heterocycles. The lowest BCUT2D eigenvalue weighted by atomic mass is 9.85. The highest BCUT2D eigenvalue weighted by atomic mass is 16.4. The van der Waals surface area contributed by atoms with Crippen LogP contribution in [0.5, 0.6) is 0 Å². The van der Waals surface area contributed by atoms with Crippen molar-refractivity contribution in [1.82, 2.24) is 5.01 Å². The van der Waals surface area contributed by atoms with E-state index in [1.54, 1.807) is 6.08 Å². The first-order valence-electron chi connectivity index (χ1n) is 8.82. The molecular weight excluding hydrogens is 312 g/mol. The highest BCUT2D eigenvalue weighted by molar-refractivity contribution is 5.91. The summed E-state index contributed by atoms with van der Waals surface area (Å²) in [5.74, 6) is -0.828. The fourth-order valence-electron chi connectivity index (χ4n) is 3.27. The number of hydrogen-bond acceptors (Lipinski definition) is 3. The van der Waals surface area contributed by atoms with Crippen LogP contribution in [0, 0.1) is 12.3 Å². The molecule has 0 fully saturated rings. The van der Waals surface area contributed by atoms with Crippen molar-refractivity contribution in [3.05, 3.63) is 58.8 Å². The Morgan fingerprint density at radius 3 is 2.36 bits per heavy atom. The molecule has 0 bridgehead atoms. The summed E-state index contributed by atoms with van der Waals surface area (Å²) in [6.07, 6.45) is 5.81. The van der Waals surface area contributed by atoms with Crippen LogP contribution < -0.4 is 0 Å². The van der Waals surface area contributed by atoms with Gasteiger partial charge in [-0.2, -0.15) is 5.10 Å². The van der Waals surface area contributed by atoms with E-state index in [1.807, 2.05) is 6.08 Å². The van der Waals surface area contributed by atoms with E-state index in [0.717, 1.165) is 12.1 Å². The van der Waals surface area contributed by atoms with Gasteiger partial charge in [-0.05, 0) is 37.5 Å². The first-order chi connectivity index (χ1) is 11.8. The molecule has 25 heavy (non-hydrogen) atoms. The zero-order valence-corrected chi connectivity index (χ0v) is 15.4. The number of nitrogens with zero attached hydrogens (tertiary/aromatic N) is 2. The lowest BCUT2D eigenvalue weighted by molar-refractivity contribution is -0.132. The Kier molecular flexibility index (Phi) is 4.55. The molecule has 4 nitrogen and oxygen atoms in total. The van der Waals surface area contributed by atoms with Gasteiger partial charge in [0.25, 0.3) is 0 Å². The quantitative estimate of drug-likeness (QED) is 0.858. The van der Waals surface area contributed by atoms with E-state index in [9.17, 15) is 4.79 Å². The number of carboxylic acids is 1. The van der Waals surface area contributed by atoms with Gasteiger partial charge in [0.15, 0.2) is 0 Å². The molecule has 1 unspecified atom stereocenters. The number of carbonyl (C=O) groups is 1. The molecule has 1 aliphatic heterocycles. The molecule has 0 spiro atoms. The fourth-order valence-corrected chi connectivity index (χ4v) is 3.27. The van der Waals surface area contributed by atoms with Crippen LogP contribution in [-0.2, 0) is 4.79 Å². The van der Waals surface area contributed by atoms with Gasteiger partial charge in [-0.3, -0.25) is 5.01 Å². The molecule has 4 heteroatoms. The van der Waals surface area contributed by atoms with Crippen molar-refractivity contribution >= 4 is 11.7 Å². The number of carboxylic acid groups (broad SMARTS) is 1. The average molecular weight is 338 g/mol. The van der Waals surface area contributed by atoms with Crippen molar-refractivity contribution in [2.24, 2.45) is 10.5 Å². The Bertz CT molecular complexity index is 764. The van der Waals surface area contributed by atoms with Crippen LogP contribution in [0.4, 0.5) is 0 Å². The number of benzene rings is 1. The predicted molar refractivity (Wildman–Crippen MR) is 100 cm³/mol. The van der Waals surface area contributed by atoms with Crippen LogP contribution in [-0.4, -0.2) is 21.8 Å². The highest BCUT2D eigenvalue weighted by Crippen LogP contribution is 2.40. The predicted octanol–water partition coefficient (Wildman–Crippen LogP) is 4.83. The summed E-state index contributed by atoms with van der Waals surface area (Å²) in [6.45, 7) is 8.67. The van der Waals surface area contributed by atoms with Crippen LogP contribution in [0.3, 0.4) is 0 Å². The zero-order chi connectivity index (χ0) is 18.2. The maximum atomic E-state index is 11.1. The van der Waals surface area contributed by atoms with Gasteiger partial charge in [-0.15, -0.1) is 0 Å². The molecule has 0 saturated carbocycles. The Morgan fingerprint density at radius 1 is 1.16 bits per heavy atom. The SMILES string of the molecule is Cc1ccc(C2CC(C(C)(C)C)=NN2C2=CC=C(C(=O)O)CC2)cc1. The third kappa shape index (κ3) is 3.68. The van der Waals surface area contributed by atoms with Crippen molar-refractivity contribution in [2.45, 2.75) is 53.0 Å². The number of allylic oxidation sites excluding steroid dienone is 3. The summed E-state index contributed by atoms with van der Waals surface area (Å²) in [5.41, 5.74) is 5.27. The van der Waals surface area contributed by atoms with Gasteiger partial charge in [-0.1, -0.05) is 50.6 Å². The molecule has 1 aromatic rings.